The molecular formula is C33H20N2. The highest BCUT2D eigenvalue weighted by Crippen LogP contribution is 2.45. The number of hydrogen-bond donors (Lipinski definition) is 1. The minimum absolute atomic E-state index is 1.03. The summed E-state index contributed by atoms with van der Waals surface area (Å²) in [7, 11) is 0. The van der Waals surface area contributed by atoms with Gasteiger partial charge in [0, 0.05) is 45.6 Å². The molecule has 0 amide bonds. The number of nitrogens with one attached hydrogen (secondary N) is 1. The van der Waals surface area contributed by atoms with E-state index in [2.05, 4.69) is 114 Å². The molecular weight excluding hydrogens is 424 g/mol. The first-order valence-electron chi connectivity index (χ1n) is 12.0. The second-order valence-electron chi connectivity index (χ2n) is 9.28. The second kappa shape index (κ2) is 6.91. The SMILES string of the molecule is C1=Nc2ccccc2/C1=C(/c1c[nH]c2ccccc12)c1ccc2ccc3cccc4ccc1c2c34. The number of benzene rings is 6. The van der Waals surface area contributed by atoms with Crippen LogP contribution in [0, 0.1) is 0 Å². The van der Waals surface area contributed by atoms with Gasteiger partial charge >= 0.3 is 0 Å². The number of fused-ring (bicyclic) bond motifs is 2. The van der Waals surface area contributed by atoms with Gasteiger partial charge in [-0.2, -0.15) is 0 Å². The summed E-state index contributed by atoms with van der Waals surface area (Å²) in [5.74, 6) is 0. The van der Waals surface area contributed by atoms with Gasteiger partial charge in [-0.25, -0.2) is 0 Å². The smallest absolute Gasteiger partial charge is 0.0709 e. The zero-order valence-electron chi connectivity index (χ0n) is 18.9. The number of nitrogens with zero attached hydrogens (tertiary/aromatic N) is 1. The summed E-state index contributed by atoms with van der Waals surface area (Å²) in [4.78, 5) is 8.29. The fourth-order valence-electron chi connectivity index (χ4n) is 5.88. The molecule has 0 bridgehead atoms. The van der Waals surface area contributed by atoms with Gasteiger partial charge in [0.05, 0.1) is 5.69 Å². The topological polar surface area (TPSA) is 28.1 Å². The Labute approximate surface area is 202 Å². The van der Waals surface area contributed by atoms with Crippen LogP contribution in [0.15, 0.2) is 114 Å². The number of rotatable bonds is 2. The predicted octanol–water partition coefficient (Wildman–Crippen LogP) is 8.74. The summed E-state index contributed by atoms with van der Waals surface area (Å²) < 4.78 is 0. The van der Waals surface area contributed by atoms with Crippen molar-refractivity contribution in [1.82, 2.24) is 4.98 Å². The molecule has 8 rings (SSSR count). The minimum Gasteiger partial charge on any atom is -0.361 e. The first-order chi connectivity index (χ1) is 17.4. The summed E-state index contributed by atoms with van der Waals surface area (Å²) in [6.07, 6.45) is 4.19. The van der Waals surface area contributed by atoms with Crippen LogP contribution >= 0.6 is 0 Å². The molecule has 0 saturated carbocycles. The largest absolute Gasteiger partial charge is 0.361 e. The second-order valence-corrected chi connectivity index (χ2v) is 9.28. The van der Waals surface area contributed by atoms with Crippen molar-refractivity contribution in [1.29, 1.82) is 0 Å². The zero-order valence-corrected chi connectivity index (χ0v) is 18.9. The maximum absolute atomic E-state index is 4.79. The summed E-state index contributed by atoms with van der Waals surface area (Å²) in [6, 6.07) is 37.2. The third-order valence-corrected chi connectivity index (χ3v) is 7.45. The molecule has 1 aliphatic heterocycles. The van der Waals surface area contributed by atoms with Crippen LogP contribution in [0.1, 0.15) is 16.7 Å². The van der Waals surface area contributed by atoms with E-state index < -0.39 is 0 Å². The van der Waals surface area contributed by atoms with Crippen LogP contribution in [0.4, 0.5) is 5.69 Å². The van der Waals surface area contributed by atoms with E-state index in [4.69, 9.17) is 4.99 Å². The Balaban J connectivity index is 1.55. The van der Waals surface area contributed by atoms with Crippen LogP contribution < -0.4 is 0 Å². The van der Waals surface area contributed by atoms with Crippen LogP contribution in [0.25, 0.3) is 54.4 Å². The molecule has 0 fully saturated rings. The van der Waals surface area contributed by atoms with Crippen molar-refractivity contribution in [3.63, 3.8) is 0 Å². The van der Waals surface area contributed by atoms with Gasteiger partial charge in [-0.1, -0.05) is 91.0 Å². The van der Waals surface area contributed by atoms with Crippen molar-refractivity contribution in [3.05, 3.63) is 126 Å². The van der Waals surface area contributed by atoms with Gasteiger partial charge in [0.15, 0.2) is 0 Å². The van der Waals surface area contributed by atoms with Crippen LogP contribution in [0.5, 0.6) is 0 Å². The van der Waals surface area contributed by atoms with Crippen LogP contribution in [0.3, 0.4) is 0 Å². The molecule has 0 atom stereocenters. The Bertz CT molecular complexity index is 1990. The number of hydrogen-bond acceptors (Lipinski definition) is 1. The molecule has 0 spiro atoms. The number of H-pyrrole nitrogens is 1. The van der Waals surface area contributed by atoms with E-state index in [0.29, 0.717) is 0 Å². The van der Waals surface area contributed by atoms with Crippen LogP contribution in [-0.4, -0.2) is 11.2 Å². The lowest BCUT2D eigenvalue weighted by molar-refractivity contribution is 1.46. The molecule has 1 N–H and O–H groups in total. The Morgan fingerprint density at radius 2 is 1.31 bits per heavy atom. The molecule has 0 saturated heterocycles. The van der Waals surface area contributed by atoms with E-state index >= 15 is 0 Å². The van der Waals surface area contributed by atoms with E-state index in [1.807, 2.05) is 6.21 Å². The molecule has 0 radical (unpaired) electrons. The van der Waals surface area contributed by atoms with Gasteiger partial charge in [0.25, 0.3) is 0 Å². The van der Waals surface area contributed by atoms with E-state index in [1.54, 1.807) is 0 Å². The van der Waals surface area contributed by atoms with Crippen LogP contribution in [0.2, 0.25) is 0 Å². The molecule has 162 valence electrons. The van der Waals surface area contributed by atoms with Crippen molar-refractivity contribution < 1.29 is 0 Å². The molecule has 1 aromatic heterocycles. The quantitative estimate of drug-likeness (QED) is 0.258. The molecule has 2 nitrogen and oxygen atoms in total. The molecule has 6 aromatic carbocycles. The van der Waals surface area contributed by atoms with E-state index in [-0.39, 0.29) is 0 Å². The lowest BCUT2D eigenvalue weighted by Crippen LogP contribution is -1.96. The normalized spacial score (nSPS) is 14.5. The number of allylic oxidation sites excluding steroid dienone is 1. The number of para-hydroxylation sites is 2. The fourth-order valence-corrected chi connectivity index (χ4v) is 5.88. The standard InChI is InChI=1S/C33H20N2/c1-3-10-29-23(8-1)27(18-34-29)33(28-19-35-30-11-4-2-9-24(28)30)26-17-15-22-13-12-20-6-5-7-21-14-16-25(26)32(22)31(20)21/h1-19,34H/b33-28+. The van der Waals surface area contributed by atoms with E-state index in [0.717, 1.165) is 11.2 Å². The van der Waals surface area contributed by atoms with Crippen molar-refractivity contribution in [2.75, 3.05) is 0 Å². The highest BCUT2D eigenvalue weighted by Gasteiger charge is 2.23. The number of aliphatic imine (C=N–C) groups is 1. The van der Waals surface area contributed by atoms with Crippen molar-refractivity contribution in [2.24, 2.45) is 4.99 Å². The van der Waals surface area contributed by atoms with E-state index in [9.17, 15) is 0 Å². The fraction of sp³-hybridized carbons (Fsp3) is 0. The van der Waals surface area contributed by atoms with Gasteiger partial charge in [-0.3, -0.25) is 4.99 Å². The Hall–Kier alpha value is -4.69. The first kappa shape index (κ1) is 18.7. The third-order valence-electron chi connectivity index (χ3n) is 7.45. The van der Waals surface area contributed by atoms with Crippen LogP contribution in [-0.2, 0) is 0 Å². The monoisotopic (exact) mass is 444 g/mol. The average Bonchev–Trinajstić information content (AvgIpc) is 3.53. The lowest BCUT2D eigenvalue weighted by Gasteiger charge is -2.18. The number of aromatic amines is 1. The first-order valence-corrected chi connectivity index (χ1v) is 12.0. The maximum atomic E-state index is 4.79. The van der Waals surface area contributed by atoms with Crippen molar-refractivity contribution in [2.45, 2.75) is 0 Å². The zero-order chi connectivity index (χ0) is 22.9. The maximum Gasteiger partial charge on any atom is 0.0709 e. The van der Waals surface area contributed by atoms with Gasteiger partial charge < -0.3 is 4.98 Å². The third kappa shape index (κ3) is 2.57. The van der Waals surface area contributed by atoms with Gasteiger partial charge in [0.2, 0.25) is 0 Å². The number of aromatic nitrogens is 1. The minimum atomic E-state index is 1.03. The molecule has 0 unspecified atom stereocenters. The predicted molar refractivity (Wildman–Crippen MR) is 149 cm³/mol. The summed E-state index contributed by atoms with van der Waals surface area (Å²) >= 11 is 0. The lowest BCUT2D eigenvalue weighted by atomic mass is 9.85. The Morgan fingerprint density at radius 3 is 2.23 bits per heavy atom. The summed E-state index contributed by atoms with van der Waals surface area (Å²) in [5.41, 5.74) is 8.17. The summed E-state index contributed by atoms with van der Waals surface area (Å²) in [5, 5.41) is 9.01. The molecule has 2 heterocycles. The van der Waals surface area contributed by atoms with Gasteiger partial charge in [-0.05, 0) is 50.0 Å². The average molecular weight is 445 g/mol. The van der Waals surface area contributed by atoms with Gasteiger partial charge in [-0.15, -0.1) is 0 Å². The summed E-state index contributed by atoms with van der Waals surface area (Å²) in [6.45, 7) is 0. The van der Waals surface area contributed by atoms with Gasteiger partial charge in [0.1, 0.15) is 0 Å². The Morgan fingerprint density at radius 1 is 0.571 bits per heavy atom. The molecule has 0 aliphatic carbocycles. The molecule has 2 heteroatoms. The molecule has 7 aromatic rings. The highest BCUT2D eigenvalue weighted by atomic mass is 14.8. The van der Waals surface area contributed by atoms with Crippen molar-refractivity contribution in [3.8, 4) is 0 Å². The van der Waals surface area contributed by atoms with E-state index in [1.165, 1.54) is 65.5 Å². The molecule has 1 aliphatic rings. The highest BCUT2D eigenvalue weighted by molar-refractivity contribution is 6.31. The van der Waals surface area contributed by atoms with Crippen molar-refractivity contribution >= 4 is 66.3 Å². The molecule has 35 heavy (non-hydrogen) atoms. The Kier molecular flexibility index (Phi) is 3.69.